The molecule has 4 heteroatoms. The second kappa shape index (κ2) is 9.34. The molecule has 0 radical (unpaired) electrons. The molecule has 0 aliphatic rings. The van der Waals surface area contributed by atoms with Crippen LogP contribution < -0.4 is 10.1 Å². The van der Waals surface area contributed by atoms with E-state index in [0.29, 0.717) is 0 Å². The maximum absolute atomic E-state index is 5.89. The Morgan fingerprint density at radius 2 is 2.11 bits per heavy atom. The van der Waals surface area contributed by atoms with Gasteiger partial charge in [0, 0.05) is 23.1 Å². The van der Waals surface area contributed by atoms with Crippen molar-refractivity contribution in [3.05, 3.63) is 28.2 Å². The topological polar surface area (TPSA) is 24.5 Å². The molecular formula is C15H25BrN2O. The van der Waals surface area contributed by atoms with Crippen LogP contribution in [-0.2, 0) is 6.54 Å². The van der Waals surface area contributed by atoms with Crippen LogP contribution in [0.25, 0.3) is 0 Å². The standard InChI is InChI=1S/C15H25BrN2O/c1-4-8-17-12-13-11-14(16)6-7-15(13)19-10-5-9-18(2)3/h6-7,11,17H,4-5,8-10,12H2,1-3H3. The van der Waals surface area contributed by atoms with Gasteiger partial charge in [-0.3, -0.25) is 0 Å². The Hall–Kier alpha value is -0.580. The van der Waals surface area contributed by atoms with E-state index < -0.39 is 0 Å². The molecule has 0 unspecified atom stereocenters. The third kappa shape index (κ3) is 6.95. The Morgan fingerprint density at radius 3 is 2.79 bits per heavy atom. The molecule has 1 aromatic rings. The summed E-state index contributed by atoms with van der Waals surface area (Å²) in [7, 11) is 4.17. The molecule has 0 saturated carbocycles. The first-order valence-electron chi connectivity index (χ1n) is 6.90. The minimum Gasteiger partial charge on any atom is -0.493 e. The largest absolute Gasteiger partial charge is 0.493 e. The van der Waals surface area contributed by atoms with Gasteiger partial charge in [-0.15, -0.1) is 0 Å². The van der Waals surface area contributed by atoms with E-state index in [9.17, 15) is 0 Å². The number of rotatable bonds is 9. The molecule has 0 heterocycles. The minimum absolute atomic E-state index is 0.764. The van der Waals surface area contributed by atoms with E-state index >= 15 is 0 Å². The predicted molar refractivity (Wildman–Crippen MR) is 84.8 cm³/mol. The van der Waals surface area contributed by atoms with Crippen LogP contribution in [0.4, 0.5) is 0 Å². The smallest absolute Gasteiger partial charge is 0.123 e. The van der Waals surface area contributed by atoms with Gasteiger partial charge in [0.05, 0.1) is 6.61 Å². The first-order valence-corrected chi connectivity index (χ1v) is 7.69. The molecule has 3 nitrogen and oxygen atoms in total. The first-order chi connectivity index (χ1) is 9.13. The molecule has 0 aromatic heterocycles. The van der Waals surface area contributed by atoms with Crippen molar-refractivity contribution in [2.24, 2.45) is 0 Å². The normalized spacial score (nSPS) is 11.0. The van der Waals surface area contributed by atoms with Gasteiger partial charge in [0.15, 0.2) is 0 Å². The van der Waals surface area contributed by atoms with E-state index in [-0.39, 0.29) is 0 Å². The molecule has 108 valence electrons. The molecule has 0 spiro atoms. The van der Waals surface area contributed by atoms with Crippen LogP contribution in [0.15, 0.2) is 22.7 Å². The Labute approximate surface area is 125 Å². The zero-order valence-corrected chi connectivity index (χ0v) is 13.8. The number of halogens is 1. The molecule has 0 fully saturated rings. The quantitative estimate of drug-likeness (QED) is 0.704. The highest BCUT2D eigenvalue weighted by Gasteiger charge is 2.04. The van der Waals surface area contributed by atoms with Gasteiger partial charge in [0.1, 0.15) is 5.75 Å². The van der Waals surface area contributed by atoms with Crippen molar-refractivity contribution in [3.8, 4) is 5.75 Å². The molecule has 1 N–H and O–H groups in total. The van der Waals surface area contributed by atoms with Crippen molar-refractivity contribution in [1.29, 1.82) is 0 Å². The van der Waals surface area contributed by atoms with Gasteiger partial charge >= 0.3 is 0 Å². The zero-order chi connectivity index (χ0) is 14.1. The Bertz CT molecular complexity index is 369. The lowest BCUT2D eigenvalue weighted by atomic mass is 10.2. The van der Waals surface area contributed by atoms with Crippen molar-refractivity contribution >= 4 is 15.9 Å². The van der Waals surface area contributed by atoms with E-state index in [1.165, 1.54) is 5.56 Å². The van der Waals surface area contributed by atoms with E-state index in [2.05, 4.69) is 53.2 Å². The summed E-state index contributed by atoms with van der Waals surface area (Å²) in [6.45, 7) is 5.88. The molecule has 19 heavy (non-hydrogen) atoms. The van der Waals surface area contributed by atoms with Crippen LogP contribution in [0.2, 0.25) is 0 Å². The summed E-state index contributed by atoms with van der Waals surface area (Å²) < 4.78 is 6.98. The summed E-state index contributed by atoms with van der Waals surface area (Å²) in [5.74, 6) is 0.991. The molecule has 0 aliphatic heterocycles. The minimum atomic E-state index is 0.764. The lowest BCUT2D eigenvalue weighted by Gasteiger charge is -2.14. The first kappa shape index (κ1) is 16.5. The molecule has 1 rings (SSSR count). The van der Waals surface area contributed by atoms with Crippen LogP contribution in [0, 0.1) is 0 Å². The third-order valence-electron chi connectivity index (χ3n) is 2.77. The second-order valence-corrected chi connectivity index (χ2v) is 5.85. The van der Waals surface area contributed by atoms with Crippen LogP contribution in [0.5, 0.6) is 5.75 Å². The van der Waals surface area contributed by atoms with Gasteiger partial charge in [-0.25, -0.2) is 0 Å². The number of benzene rings is 1. The van der Waals surface area contributed by atoms with Gasteiger partial charge in [-0.1, -0.05) is 22.9 Å². The van der Waals surface area contributed by atoms with Crippen molar-refractivity contribution < 1.29 is 4.74 Å². The van der Waals surface area contributed by atoms with E-state index in [1.807, 2.05) is 12.1 Å². The van der Waals surface area contributed by atoms with Crippen molar-refractivity contribution in [3.63, 3.8) is 0 Å². The summed E-state index contributed by atoms with van der Waals surface area (Å²) in [4.78, 5) is 2.18. The van der Waals surface area contributed by atoms with Gasteiger partial charge in [-0.05, 0) is 51.7 Å². The Balaban J connectivity index is 2.50. The lowest BCUT2D eigenvalue weighted by Crippen LogP contribution is -2.17. The second-order valence-electron chi connectivity index (χ2n) is 4.93. The number of ether oxygens (including phenoxy) is 1. The van der Waals surface area contributed by atoms with Crippen LogP contribution in [0.3, 0.4) is 0 Å². The predicted octanol–water partition coefficient (Wildman–Crippen LogP) is 3.28. The molecule has 1 aromatic carbocycles. The monoisotopic (exact) mass is 328 g/mol. The average molecular weight is 329 g/mol. The molecule has 0 saturated heterocycles. The highest BCUT2D eigenvalue weighted by atomic mass is 79.9. The van der Waals surface area contributed by atoms with Crippen LogP contribution in [0.1, 0.15) is 25.3 Å². The summed E-state index contributed by atoms with van der Waals surface area (Å²) >= 11 is 3.52. The fraction of sp³-hybridized carbons (Fsp3) is 0.600. The summed E-state index contributed by atoms with van der Waals surface area (Å²) in [6.07, 6.45) is 2.19. The van der Waals surface area contributed by atoms with Crippen molar-refractivity contribution in [2.75, 3.05) is 33.8 Å². The SMILES string of the molecule is CCCNCc1cc(Br)ccc1OCCCN(C)C. The maximum atomic E-state index is 5.89. The van der Waals surface area contributed by atoms with E-state index in [0.717, 1.165) is 49.3 Å². The summed E-state index contributed by atoms with van der Waals surface area (Å²) in [5, 5.41) is 3.42. The van der Waals surface area contributed by atoms with Crippen LogP contribution in [-0.4, -0.2) is 38.7 Å². The lowest BCUT2D eigenvalue weighted by molar-refractivity contribution is 0.279. The maximum Gasteiger partial charge on any atom is 0.123 e. The van der Waals surface area contributed by atoms with E-state index in [1.54, 1.807) is 0 Å². The molecule has 0 aliphatic carbocycles. The third-order valence-corrected chi connectivity index (χ3v) is 3.27. The van der Waals surface area contributed by atoms with Gasteiger partial charge in [-0.2, -0.15) is 0 Å². The molecule has 0 amide bonds. The van der Waals surface area contributed by atoms with E-state index in [4.69, 9.17) is 4.74 Å². The Kier molecular flexibility index (Phi) is 8.10. The van der Waals surface area contributed by atoms with Crippen molar-refractivity contribution in [1.82, 2.24) is 10.2 Å². The van der Waals surface area contributed by atoms with Gasteiger partial charge < -0.3 is 15.0 Å². The Morgan fingerprint density at radius 1 is 1.32 bits per heavy atom. The summed E-state index contributed by atoms with van der Waals surface area (Å²) in [6, 6.07) is 6.21. The number of hydrogen-bond acceptors (Lipinski definition) is 3. The highest BCUT2D eigenvalue weighted by Crippen LogP contribution is 2.23. The fourth-order valence-corrected chi connectivity index (χ4v) is 2.20. The molecule has 0 bridgehead atoms. The highest BCUT2D eigenvalue weighted by molar-refractivity contribution is 9.10. The van der Waals surface area contributed by atoms with Gasteiger partial charge in [0.25, 0.3) is 0 Å². The summed E-state index contributed by atoms with van der Waals surface area (Å²) in [5.41, 5.74) is 1.22. The molecular weight excluding hydrogens is 304 g/mol. The zero-order valence-electron chi connectivity index (χ0n) is 12.2. The van der Waals surface area contributed by atoms with Crippen molar-refractivity contribution in [2.45, 2.75) is 26.3 Å². The number of hydrogen-bond donors (Lipinski definition) is 1. The van der Waals surface area contributed by atoms with Gasteiger partial charge in [0.2, 0.25) is 0 Å². The average Bonchev–Trinajstić information content (AvgIpc) is 2.36. The number of nitrogens with zero attached hydrogens (tertiary/aromatic N) is 1. The fourth-order valence-electron chi connectivity index (χ4n) is 1.79. The molecule has 0 atom stereocenters. The van der Waals surface area contributed by atoms with Crippen LogP contribution >= 0.6 is 15.9 Å². The number of nitrogens with one attached hydrogen (secondary N) is 1.